The molecule has 0 saturated heterocycles. The first-order valence-corrected chi connectivity index (χ1v) is 18.7. The van der Waals surface area contributed by atoms with Gasteiger partial charge in [-0.1, -0.05) is 152 Å². The Morgan fingerprint density at radius 1 is 0.385 bits per heavy atom. The summed E-state index contributed by atoms with van der Waals surface area (Å²) in [7, 11) is 0. The lowest BCUT2D eigenvalue weighted by molar-refractivity contribution is 0.722. The molecule has 1 aliphatic rings. The van der Waals surface area contributed by atoms with Crippen LogP contribution in [0.3, 0.4) is 0 Å². The zero-order valence-corrected chi connectivity index (χ0v) is 29.6. The quantitative estimate of drug-likeness (QED) is 0.169. The minimum Gasteiger partial charge on any atom is -0.310 e. The third-order valence-corrected chi connectivity index (χ3v) is 12.2. The van der Waals surface area contributed by atoms with Crippen molar-refractivity contribution in [1.29, 1.82) is 0 Å². The normalized spacial score (nSPS) is 14.7. The maximum absolute atomic E-state index is 2.46. The molecule has 1 aliphatic carbocycles. The van der Waals surface area contributed by atoms with E-state index in [9.17, 15) is 0 Å². The van der Waals surface area contributed by atoms with Gasteiger partial charge in [-0.05, 0) is 99.5 Å². The van der Waals surface area contributed by atoms with E-state index in [-0.39, 0.29) is 5.41 Å². The highest BCUT2D eigenvalue weighted by atomic mass is 32.1. The van der Waals surface area contributed by atoms with Crippen molar-refractivity contribution in [2.24, 2.45) is 0 Å². The summed E-state index contributed by atoms with van der Waals surface area (Å²) >= 11 is 1.92. The Bertz CT molecular complexity index is 2640. The SMILES string of the molecule is CC1(c2cccc3c2sc2ccccc23)c2ccccc2-c2ccc(N(c3ccc(-c4ccccc4)cc3)c3ccc(-c4ccccc4)cc3)cc21. The fourth-order valence-electron chi connectivity index (χ4n) is 8.36. The van der Waals surface area contributed by atoms with Crippen molar-refractivity contribution in [3.05, 3.63) is 211 Å². The predicted molar refractivity (Wildman–Crippen MR) is 222 cm³/mol. The van der Waals surface area contributed by atoms with Crippen molar-refractivity contribution in [3.8, 4) is 33.4 Å². The number of rotatable bonds is 6. The Morgan fingerprint density at radius 3 is 1.56 bits per heavy atom. The number of hydrogen-bond acceptors (Lipinski definition) is 2. The second kappa shape index (κ2) is 12.2. The molecule has 10 rings (SSSR count). The lowest BCUT2D eigenvalue weighted by Gasteiger charge is -2.31. The zero-order chi connectivity index (χ0) is 34.6. The highest BCUT2D eigenvalue weighted by molar-refractivity contribution is 7.26. The van der Waals surface area contributed by atoms with Gasteiger partial charge in [-0.2, -0.15) is 0 Å². The molecule has 1 heterocycles. The van der Waals surface area contributed by atoms with Gasteiger partial charge in [0, 0.05) is 42.6 Å². The van der Waals surface area contributed by atoms with Crippen molar-refractivity contribution >= 4 is 48.6 Å². The van der Waals surface area contributed by atoms with Crippen molar-refractivity contribution in [2.45, 2.75) is 12.3 Å². The molecule has 1 nitrogen and oxygen atoms in total. The van der Waals surface area contributed by atoms with Gasteiger partial charge in [0.1, 0.15) is 0 Å². The van der Waals surface area contributed by atoms with Crippen molar-refractivity contribution < 1.29 is 0 Å². The average molecular weight is 682 g/mol. The number of anilines is 3. The van der Waals surface area contributed by atoms with Gasteiger partial charge < -0.3 is 4.90 Å². The van der Waals surface area contributed by atoms with Crippen molar-refractivity contribution in [2.75, 3.05) is 4.90 Å². The molecule has 0 fully saturated rings. The summed E-state index contributed by atoms with van der Waals surface area (Å²) in [5, 5.41) is 2.66. The fourth-order valence-corrected chi connectivity index (χ4v) is 9.69. The second-order valence-corrected chi connectivity index (χ2v) is 14.9. The maximum atomic E-state index is 2.46. The number of thiophene rings is 1. The van der Waals surface area contributed by atoms with Gasteiger partial charge in [0.25, 0.3) is 0 Å². The summed E-state index contributed by atoms with van der Waals surface area (Å²) in [5.41, 5.74) is 14.6. The molecular weight excluding hydrogens is 647 g/mol. The summed E-state index contributed by atoms with van der Waals surface area (Å²) in [5.74, 6) is 0. The van der Waals surface area contributed by atoms with Gasteiger partial charge in [0.2, 0.25) is 0 Å². The Kier molecular flexibility index (Phi) is 7.19. The molecule has 0 bridgehead atoms. The third kappa shape index (κ3) is 4.83. The van der Waals surface area contributed by atoms with Crippen LogP contribution in [-0.4, -0.2) is 0 Å². The molecule has 8 aromatic carbocycles. The smallest absolute Gasteiger partial charge is 0.0465 e. The molecule has 1 atom stereocenters. The van der Waals surface area contributed by atoms with Gasteiger partial charge >= 0.3 is 0 Å². The monoisotopic (exact) mass is 681 g/mol. The van der Waals surface area contributed by atoms with E-state index < -0.39 is 0 Å². The van der Waals surface area contributed by atoms with E-state index in [0.717, 1.165) is 17.1 Å². The standard InChI is InChI=1S/C50H35NS/c1-50(46-21-12-19-44-43-18-9-11-22-48(43)52-49(44)46)45-20-10-8-17-41(45)42-32-31-40(33-47(42)50)51(38-27-23-36(24-28-38)34-13-4-2-5-14-34)39-29-25-37(26-30-39)35-15-6-3-7-16-35/h2-33H,1H3. The fraction of sp³-hybridized carbons (Fsp3) is 0.0400. The Hall–Kier alpha value is -6.22. The van der Waals surface area contributed by atoms with Crippen LogP contribution in [0.2, 0.25) is 0 Å². The van der Waals surface area contributed by atoms with E-state index in [0.29, 0.717) is 0 Å². The van der Waals surface area contributed by atoms with E-state index >= 15 is 0 Å². The van der Waals surface area contributed by atoms with Gasteiger partial charge in [-0.15, -0.1) is 11.3 Å². The zero-order valence-electron chi connectivity index (χ0n) is 28.8. The minimum atomic E-state index is -0.345. The topological polar surface area (TPSA) is 3.24 Å². The first kappa shape index (κ1) is 30.6. The molecule has 0 radical (unpaired) electrons. The number of nitrogens with zero attached hydrogens (tertiary/aromatic N) is 1. The van der Waals surface area contributed by atoms with Crippen LogP contribution in [0.15, 0.2) is 194 Å². The molecule has 1 aromatic heterocycles. The molecule has 246 valence electrons. The number of benzene rings is 8. The third-order valence-electron chi connectivity index (χ3n) is 11.0. The van der Waals surface area contributed by atoms with E-state index in [2.05, 4.69) is 206 Å². The molecule has 52 heavy (non-hydrogen) atoms. The van der Waals surface area contributed by atoms with E-state index in [1.807, 2.05) is 11.3 Å². The molecule has 0 amide bonds. The molecule has 1 unspecified atom stereocenters. The van der Waals surface area contributed by atoms with Crippen molar-refractivity contribution in [1.82, 2.24) is 0 Å². The lowest BCUT2D eigenvalue weighted by Crippen LogP contribution is -2.23. The average Bonchev–Trinajstić information content (AvgIpc) is 3.72. The highest BCUT2D eigenvalue weighted by Crippen LogP contribution is 2.56. The molecule has 2 heteroatoms. The Labute approximate surface area is 308 Å². The second-order valence-electron chi connectivity index (χ2n) is 13.8. The predicted octanol–water partition coefficient (Wildman–Crippen LogP) is 14.2. The summed E-state index contributed by atoms with van der Waals surface area (Å²) in [6, 6.07) is 71.1. The van der Waals surface area contributed by atoms with Crippen LogP contribution in [-0.2, 0) is 5.41 Å². The van der Waals surface area contributed by atoms with Gasteiger partial charge in [-0.3, -0.25) is 0 Å². The largest absolute Gasteiger partial charge is 0.310 e. The highest BCUT2D eigenvalue weighted by Gasteiger charge is 2.42. The number of fused-ring (bicyclic) bond motifs is 6. The number of hydrogen-bond donors (Lipinski definition) is 0. The van der Waals surface area contributed by atoms with Crippen LogP contribution < -0.4 is 4.90 Å². The lowest BCUT2D eigenvalue weighted by atomic mass is 9.74. The molecule has 9 aromatic rings. The van der Waals surface area contributed by atoms with E-state index in [4.69, 9.17) is 0 Å². The maximum Gasteiger partial charge on any atom is 0.0465 e. The molecule has 0 spiro atoms. The molecule has 0 saturated carbocycles. The van der Waals surface area contributed by atoms with Crippen LogP contribution >= 0.6 is 11.3 Å². The first-order chi connectivity index (χ1) is 25.7. The van der Waals surface area contributed by atoms with E-state index in [1.165, 1.54) is 70.2 Å². The Balaban J connectivity index is 1.16. The van der Waals surface area contributed by atoms with Crippen LogP contribution in [0.25, 0.3) is 53.6 Å². The van der Waals surface area contributed by atoms with Crippen molar-refractivity contribution in [3.63, 3.8) is 0 Å². The van der Waals surface area contributed by atoms with Gasteiger partial charge in [0.05, 0.1) is 0 Å². The van der Waals surface area contributed by atoms with Crippen LogP contribution in [0.4, 0.5) is 17.1 Å². The van der Waals surface area contributed by atoms with Crippen LogP contribution in [0.5, 0.6) is 0 Å². The molecule has 0 aliphatic heterocycles. The first-order valence-electron chi connectivity index (χ1n) is 17.9. The molecule has 0 N–H and O–H groups in total. The summed E-state index contributed by atoms with van der Waals surface area (Å²) < 4.78 is 2.70. The summed E-state index contributed by atoms with van der Waals surface area (Å²) in [6.07, 6.45) is 0. The van der Waals surface area contributed by atoms with Crippen LogP contribution in [0, 0.1) is 0 Å². The van der Waals surface area contributed by atoms with Gasteiger partial charge in [0.15, 0.2) is 0 Å². The van der Waals surface area contributed by atoms with Gasteiger partial charge in [-0.25, -0.2) is 0 Å². The summed E-state index contributed by atoms with van der Waals surface area (Å²) in [6.45, 7) is 2.44. The minimum absolute atomic E-state index is 0.345. The molecular formula is C50H35NS. The van der Waals surface area contributed by atoms with Crippen LogP contribution in [0.1, 0.15) is 23.6 Å². The Morgan fingerprint density at radius 2 is 0.885 bits per heavy atom. The van der Waals surface area contributed by atoms with E-state index in [1.54, 1.807) is 0 Å². The summed E-state index contributed by atoms with van der Waals surface area (Å²) in [4.78, 5) is 2.41.